The number of rotatable bonds is 8. The van der Waals surface area contributed by atoms with Crippen LogP contribution in [0.3, 0.4) is 0 Å². The molecule has 0 aliphatic carbocycles. The maximum Gasteiger partial charge on any atom is 0.253 e. The molecule has 0 saturated carbocycles. The molecule has 148 valence electrons. The van der Waals surface area contributed by atoms with Crippen LogP contribution in [0, 0.1) is 11.6 Å². The predicted octanol–water partition coefficient (Wildman–Crippen LogP) is 5.12. The Morgan fingerprint density at radius 3 is 2.79 bits per heavy atom. The first-order valence-corrected chi connectivity index (χ1v) is 9.96. The Morgan fingerprint density at radius 2 is 2.07 bits per heavy atom. The van der Waals surface area contributed by atoms with Crippen molar-refractivity contribution in [2.75, 3.05) is 13.6 Å². The molecular weight excluding hydrogens is 384 g/mol. The van der Waals surface area contributed by atoms with Gasteiger partial charge in [0, 0.05) is 36.0 Å². The largest absolute Gasteiger partial charge is 0.342 e. The van der Waals surface area contributed by atoms with Crippen LogP contribution in [0.25, 0.3) is 11.4 Å². The molecule has 2 heterocycles. The number of thiophene rings is 1. The van der Waals surface area contributed by atoms with E-state index in [9.17, 15) is 13.6 Å². The van der Waals surface area contributed by atoms with Crippen molar-refractivity contribution < 1.29 is 18.1 Å². The number of aromatic nitrogens is 2. The van der Waals surface area contributed by atoms with Gasteiger partial charge in [-0.2, -0.15) is 16.3 Å². The number of carbonyl (C=O) groups excluding carboxylic acids is 1. The predicted molar refractivity (Wildman–Crippen MR) is 103 cm³/mol. The second kappa shape index (κ2) is 9.05. The number of halogens is 2. The average molecular weight is 405 g/mol. The molecule has 3 rings (SSSR count). The number of unbranched alkanes of at least 4 members (excludes halogenated alkanes) is 1. The van der Waals surface area contributed by atoms with Crippen molar-refractivity contribution in [3.63, 3.8) is 0 Å². The van der Waals surface area contributed by atoms with Crippen LogP contribution in [0.5, 0.6) is 0 Å². The lowest BCUT2D eigenvalue weighted by Crippen LogP contribution is -2.27. The van der Waals surface area contributed by atoms with Crippen molar-refractivity contribution in [2.24, 2.45) is 0 Å². The number of hydrogen-bond acceptors (Lipinski definition) is 5. The molecule has 28 heavy (non-hydrogen) atoms. The van der Waals surface area contributed by atoms with Crippen molar-refractivity contribution >= 4 is 17.2 Å². The first kappa shape index (κ1) is 20.1. The molecule has 0 bridgehead atoms. The first-order valence-electron chi connectivity index (χ1n) is 9.02. The summed E-state index contributed by atoms with van der Waals surface area (Å²) in [4.78, 5) is 18.2. The second-order valence-electron chi connectivity index (χ2n) is 6.72. The van der Waals surface area contributed by atoms with Gasteiger partial charge in [0.1, 0.15) is 0 Å². The monoisotopic (exact) mass is 405 g/mol. The molecular formula is C20H21F2N3O2S. The van der Waals surface area contributed by atoms with Gasteiger partial charge in [-0.3, -0.25) is 4.79 Å². The Morgan fingerprint density at radius 1 is 1.25 bits per heavy atom. The average Bonchev–Trinajstić information content (AvgIpc) is 3.37. The number of nitrogens with zero attached hydrogens (tertiary/aromatic N) is 3. The quantitative estimate of drug-likeness (QED) is 0.488. The van der Waals surface area contributed by atoms with Gasteiger partial charge in [0.15, 0.2) is 11.6 Å². The SMILES string of the molecule is C[C@H](CCCCN(C)C(=O)c1ccc(F)c(F)c1)c1nc(-c2ccsc2)no1. The minimum Gasteiger partial charge on any atom is -0.342 e. The summed E-state index contributed by atoms with van der Waals surface area (Å²) in [6.07, 6.45) is 2.49. The molecule has 0 N–H and O–H groups in total. The van der Waals surface area contributed by atoms with Crippen molar-refractivity contribution in [1.29, 1.82) is 0 Å². The van der Waals surface area contributed by atoms with Crippen LogP contribution in [-0.4, -0.2) is 34.5 Å². The maximum absolute atomic E-state index is 13.3. The van der Waals surface area contributed by atoms with E-state index < -0.39 is 11.6 Å². The fourth-order valence-corrected chi connectivity index (χ4v) is 3.45. The second-order valence-corrected chi connectivity index (χ2v) is 7.50. The minimum absolute atomic E-state index is 0.118. The van der Waals surface area contributed by atoms with Crippen LogP contribution in [0.4, 0.5) is 8.78 Å². The van der Waals surface area contributed by atoms with Gasteiger partial charge >= 0.3 is 0 Å². The van der Waals surface area contributed by atoms with E-state index in [0.717, 1.165) is 37.0 Å². The van der Waals surface area contributed by atoms with E-state index in [1.54, 1.807) is 18.4 Å². The third-order valence-electron chi connectivity index (χ3n) is 4.54. The molecule has 1 atom stereocenters. The molecule has 8 heteroatoms. The van der Waals surface area contributed by atoms with E-state index in [0.29, 0.717) is 18.3 Å². The summed E-state index contributed by atoms with van der Waals surface area (Å²) in [7, 11) is 1.65. The summed E-state index contributed by atoms with van der Waals surface area (Å²) >= 11 is 1.58. The van der Waals surface area contributed by atoms with E-state index in [1.807, 2.05) is 23.8 Å². The molecule has 0 aliphatic heterocycles. The van der Waals surface area contributed by atoms with Crippen LogP contribution < -0.4 is 0 Å². The standard InChI is InChI=1S/C20H21F2N3O2S/c1-13(19-23-18(24-27-19)15-8-10-28-12-15)5-3-4-9-25(2)20(26)14-6-7-16(21)17(22)11-14/h6-8,10-13H,3-5,9H2,1-2H3/t13-/m1/s1. The Kier molecular flexibility index (Phi) is 6.51. The number of amides is 1. The van der Waals surface area contributed by atoms with Gasteiger partial charge in [-0.05, 0) is 42.5 Å². The van der Waals surface area contributed by atoms with Gasteiger partial charge in [-0.15, -0.1) is 0 Å². The Labute approximate surface area is 166 Å². The van der Waals surface area contributed by atoms with Crippen LogP contribution in [0.1, 0.15) is 48.4 Å². The van der Waals surface area contributed by atoms with Gasteiger partial charge in [0.2, 0.25) is 11.7 Å². The molecule has 0 radical (unpaired) electrons. The number of carbonyl (C=O) groups is 1. The van der Waals surface area contributed by atoms with E-state index in [-0.39, 0.29) is 17.4 Å². The molecule has 2 aromatic heterocycles. The highest BCUT2D eigenvalue weighted by Crippen LogP contribution is 2.24. The normalized spacial score (nSPS) is 12.1. The van der Waals surface area contributed by atoms with Crippen molar-refractivity contribution in [3.8, 4) is 11.4 Å². The zero-order valence-electron chi connectivity index (χ0n) is 15.7. The van der Waals surface area contributed by atoms with Gasteiger partial charge in [0.05, 0.1) is 0 Å². The summed E-state index contributed by atoms with van der Waals surface area (Å²) in [6, 6.07) is 5.13. The lowest BCUT2D eigenvalue weighted by Gasteiger charge is -2.17. The summed E-state index contributed by atoms with van der Waals surface area (Å²) in [5, 5.41) is 7.95. The van der Waals surface area contributed by atoms with E-state index >= 15 is 0 Å². The van der Waals surface area contributed by atoms with Gasteiger partial charge in [-0.1, -0.05) is 18.5 Å². The third kappa shape index (κ3) is 4.81. The molecule has 1 aromatic carbocycles. The highest BCUT2D eigenvalue weighted by atomic mass is 32.1. The summed E-state index contributed by atoms with van der Waals surface area (Å²) in [5.41, 5.74) is 1.09. The van der Waals surface area contributed by atoms with Gasteiger partial charge in [-0.25, -0.2) is 8.78 Å². The Balaban J connectivity index is 1.44. The molecule has 0 fully saturated rings. The summed E-state index contributed by atoms with van der Waals surface area (Å²) in [6.45, 7) is 2.55. The molecule has 0 saturated heterocycles. The van der Waals surface area contributed by atoms with Crippen LogP contribution in [0.15, 0.2) is 39.5 Å². The highest BCUT2D eigenvalue weighted by Gasteiger charge is 2.17. The molecule has 0 unspecified atom stereocenters. The number of benzene rings is 1. The number of hydrogen-bond donors (Lipinski definition) is 0. The summed E-state index contributed by atoms with van der Waals surface area (Å²) < 4.78 is 31.6. The highest BCUT2D eigenvalue weighted by molar-refractivity contribution is 7.08. The zero-order valence-corrected chi connectivity index (χ0v) is 16.5. The molecule has 1 amide bonds. The fourth-order valence-electron chi connectivity index (χ4n) is 2.82. The zero-order chi connectivity index (χ0) is 20.1. The van der Waals surface area contributed by atoms with Gasteiger partial charge < -0.3 is 9.42 Å². The molecule has 5 nitrogen and oxygen atoms in total. The summed E-state index contributed by atoms with van der Waals surface area (Å²) in [5.74, 6) is -0.991. The topological polar surface area (TPSA) is 59.2 Å². The van der Waals surface area contributed by atoms with Crippen molar-refractivity contribution in [3.05, 3.63) is 58.1 Å². The van der Waals surface area contributed by atoms with Crippen LogP contribution in [-0.2, 0) is 0 Å². The van der Waals surface area contributed by atoms with E-state index in [2.05, 4.69) is 10.1 Å². The van der Waals surface area contributed by atoms with Crippen molar-refractivity contribution in [1.82, 2.24) is 15.0 Å². The van der Waals surface area contributed by atoms with E-state index in [1.165, 1.54) is 11.0 Å². The third-order valence-corrected chi connectivity index (χ3v) is 5.22. The smallest absolute Gasteiger partial charge is 0.253 e. The first-order chi connectivity index (χ1) is 13.5. The van der Waals surface area contributed by atoms with Crippen LogP contribution >= 0.6 is 11.3 Å². The van der Waals surface area contributed by atoms with E-state index in [4.69, 9.17) is 4.52 Å². The van der Waals surface area contributed by atoms with Gasteiger partial charge in [0.25, 0.3) is 5.91 Å². The van der Waals surface area contributed by atoms with Crippen molar-refractivity contribution in [2.45, 2.75) is 32.1 Å². The van der Waals surface area contributed by atoms with Crippen LogP contribution in [0.2, 0.25) is 0 Å². The lowest BCUT2D eigenvalue weighted by atomic mass is 10.0. The fraction of sp³-hybridized carbons (Fsp3) is 0.350. The molecule has 0 aliphatic rings. The molecule has 3 aromatic rings. The minimum atomic E-state index is -1.02. The Bertz CT molecular complexity index is 927. The lowest BCUT2D eigenvalue weighted by molar-refractivity contribution is 0.0791. The molecule has 0 spiro atoms. The Hall–Kier alpha value is -2.61. The maximum atomic E-state index is 13.3.